The summed E-state index contributed by atoms with van der Waals surface area (Å²) in [7, 11) is 0. The van der Waals surface area contributed by atoms with Crippen LogP contribution in [0.1, 0.15) is 0 Å². The zero-order valence-corrected chi connectivity index (χ0v) is 13.4. The average molecular weight is 382 g/mol. The van der Waals surface area contributed by atoms with E-state index in [1.807, 2.05) is 60.7 Å². The monoisotopic (exact) mass is 382 g/mol. The van der Waals surface area contributed by atoms with Gasteiger partial charge in [0.1, 0.15) is 11.5 Å². The van der Waals surface area contributed by atoms with Crippen molar-refractivity contribution in [2.75, 3.05) is 0 Å². The Bertz CT molecular complexity index is 649. The fraction of sp³-hybridized carbons (Fsp3) is 0. The summed E-state index contributed by atoms with van der Waals surface area (Å²) in [6.07, 6.45) is -5.50. The summed E-state index contributed by atoms with van der Waals surface area (Å²) in [6, 6.07) is 19.5. The van der Waals surface area contributed by atoms with Crippen LogP contribution in [0.4, 0.5) is 19.2 Å². The molecule has 2 aromatic carbocycles. The van der Waals surface area contributed by atoms with E-state index in [1.54, 1.807) is 0 Å². The SMILES string of the molecule is O=C(O)O.O=C(O)O.O=C1OC(=O)O1.c1ccc(Oc2ccccc2)cc1. The zero-order chi connectivity index (χ0) is 20.7. The number of cyclic esters (lactones) is 4. The molecule has 1 saturated heterocycles. The highest BCUT2D eigenvalue weighted by Crippen LogP contribution is 2.19. The van der Waals surface area contributed by atoms with Gasteiger partial charge in [-0.25, -0.2) is 19.2 Å². The molecule has 4 N–H and O–H groups in total. The second-order valence-corrected chi connectivity index (χ2v) is 4.00. The molecule has 1 heterocycles. The third-order valence-corrected chi connectivity index (χ3v) is 2.06. The Hall–Kier alpha value is -4.28. The number of carboxylic acid groups (broad SMARTS) is 4. The number of carbonyl (C=O) groups is 4. The van der Waals surface area contributed by atoms with Gasteiger partial charge in [0, 0.05) is 0 Å². The third-order valence-electron chi connectivity index (χ3n) is 2.06. The van der Waals surface area contributed by atoms with E-state index in [9.17, 15) is 9.59 Å². The molecule has 2 aromatic rings. The fourth-order valence-electron chi connectivity index (χ4n) is 1.26. The largest absolute Gasteiger partial charge is 0.528 e. The van der Waals surface area contributed by atoms with Crippen molar-refractivity contribution in [2.45, 2.75) is 0 Å². The van der Waals surface area contributed by atoms with Crippen LogP contribution in [-0.4, -0.2) is 45.0 Å². The molecule has 3 rings (SSSR count). The molecular formula is C16H14O11. The maximum Gasteiger partial charge on any atom is 0.528 e. The Balaban J connectivity index is 0.000000402. The molecule has 0 saturated carbocycles. The Kier molecular flexibility index (Phi) is 11.0. The molecule has 0 aliphatic carbocycles. The van der Waals surface area contributed by atoms with Gasteiger partial charge in [0.2, 0.25) is 0 Å². The van der Waals surface area contributed by atoms with Crippen molar-refractivity contribution in [3.05, 3.63) is 60.7 Å². The van der Waals surface area contributed by atoms with Crippen LogP contribution in [0.5, 0.6) is 11.5 Å². The van der Waals surface area contributed by atoms with E-state index < -0.39 is 24.6 Å². The van der Waals surface area contributed by atoms with Crippen LogP contribution in [0.25, 0.3) is 0 Å². The third kappa shape index (κ3) is 15.0. The highest BCUT2D eigenvalue weighted by atomic mass is 16.9. The molecule has 0 radical (unpaired) electrons. The molecule has 0 bridgehead atoms. The molecule has 0 atom stereocenters. The van der Waals surface area contributed by atoms with Crippen LogP contribution in [0, 0.1) is 0 Å². The molecule has 11 nitrogen and oxygen atoms in total. The van der Waals surface area contributed by atoms with Crippen molar-refractivity contribution < 1.29 is 53.8 Å². The lowest BCUT2D eigenvalue weighted by molar-refractivity contribution is 0.00673. The average Bonchev–Trinajstić information content (AvgIpc) is 2.55. The van der Waals surface area contributed by atoms with Gasteiger partial charge < -0.3 is 34.6 Å². The van der Waals surface area contributed by atoms with Crippen LogP contribution in [0.2, 0.25) is 0 Å². The quantitative estimate of drug-likeness (QED) is 0.432. The molecule has 1 aliphatic rings. The summed E-state index contributed by atoms with van der Waals surface area (Å²) in [6.45, 7) is 0. The first-order chi connectivity index (χ1) is 12.7. The Morgan fingerprint density at radius 2 is 0.889 bits per heavy atom. The van der Waals surface area contributed by atoms with E-state index in [2.05, 4.69) is 9.47 Å². The van der Waals surface area contributed by atoms with Crippen LogP contribution in [0.15, 0.2) is 60.7 Å². The lowest BCUT2D eigenvalue weighted by Gasteiger charge is -2.05. The number of rotatable bonds is 2. The molecule has 11 heteroatoms. The van der Waals surface area contributed by atoms with Gasteiger partial charge in [0.25, 0.3) is 0 Å². The second-order valence-electron chi connectivity index (χ2n) is 4.00. The van der Waals surface area contributed by atoms with Crippen LogP contribution < -0.4 is 4.74 Å². The molecule has 1 aliphatic heterocycles. The van der Waals surface area contributed by atoms with Crippen molar-refractivity contribution >= 4 is 24.6 Å². The normalized spacial score (nSPS) is 10.4. The molecule has 27 heavy (non-hydrogen) atoms. The van der Waals surface area contributed by atoms with E-state index in [0.29, 0.717) is 0 Å². The number of carbonyl (C=O) groups excluding carboxylic acids is 2. The Labute approximate surface area is 151 Å². The van der Waals surface area contributed by atoms with Crippen LogP contribution >= 0.6 is 0 Å². The molecule has 0 aromatic heterocycles. The summed E-state index contributed by atoms with van der Waals surface area (Å²) >= 11 is 0. The first-order valence-corrected chi connectivity index (χ1v) is 6.76. The highest BCUT2D eigenvalue weighted by molar-refractivity contribution is 5.93. The summed E-state index contributed by atoms with van der Waals surface area (Å²) < 4.78 is 12.9. The number of ether oxygens (including phenoxy) is 3. The van der Waals surface area contributed by atoms with Gasteiger partial charge in [-0.3, -0.25) is 0 Å². The first-order valence-electron chi connectivity index (χ1n) is 6.76. The maximum absolute atomic E-state index is 9.44. The number of para-hydroxylation sites is 2. The number of hydrogen-bond donors (Lipinski definition) is 4. The van der Waals surface area contributed by atoms with Crippen LogP contribution in [-0.2, 0) is 9.47 Å². The summed E-state index contributed by atoms with van der Waals surface area (Å²) in [4.78, 5) is 36.0. The minimum Gasteiger partial charge on any atom is -0.457 e. The van der Waals surface area contributed by atoms with E-state index >= 15 is 0 Å². The van der Waals surface area contributed by atoms with E-state index in [4.69, 9.17) is 34.8 Å². The van der Waals surface area contributed by atoms with E-state index in [1.165, 1.54) is 0 Å². The zero-order valence-electron chi connectivity index (χ0n) is 13.4. The van der Waals surface area contributed by atoms with Crippen LogP contribution in [0.3, 0.4) is 0 Å². The van der Waals surface area contributed by atoms with Crippen molar-refractivity contribution in [1.82, 2.24) is 0 Å². The number of hydrogen-bond acceptors (Lipinski definition) is 7. The van der Waals surface area contributed by atoms with Crippen molar-refractivity contribution in [1.29, 1.82) is 0 Å². The number of benzene rings is 2. The molecule has 0 spiro atoms. The van der Waals surface area contributed by atoms with Gasteiger partial charge in [-0.2, -0.15) is 0 Å². The lowest BCUT2D eigenvalue weighted by atomic mass is 10.3. The topological polar surface area (TPSA) is 177 Å². The Morgan fingerprint density at radius 3 is 1.07 bits per heavy atom. The minimum atomic E-state index is -1.83. The lowest BCUT2D eigenvalue weighted by Crippen LogP contribution is -2.27. The molecule has 0 unspecified atom stereocenters. The summed E-state index contributed by atoms with van der Waals surface area (Å²) in [5, 5.41) is 27.9. The summed E-state index contributed by atoms with van der Waals surface area (Å²) in [5.41, 5.74) is 0. The highest BCUT2D eigenvalue weighted by Gasteiger charge is 2.27. The van der Waals surface area contributed by atoms with Crippen molar-refractivity contribution in [2.24, 2.45) is 0 Å². The standard InChI is InChI=1S/C12H10O.C2O4.2CH2O3/c1-3-7-11(8-4-1)13-12-9-5-2-6-10-12;3-1-5-2(4)6-1;2*2-1(3)4/h1-10H;;2*(H2,2,3,4). The van der Waals surface area contributed by atoms with Gasteiger partial charge in [-0.05, 0) is 24.3 Å². The van der Waals surface area contributed by atoms with Gasteiger partial charge in [-0.1, -0.05) is 36.4 Å². The van der Waals surface area contributed by atoms with Gasteiger partial charge >= 0.3 is 24.6 Å². The van der Waals surface area contributed by atoms with Gasteiger partial charge in [0.05, 0.1) is 0 Å². The van der Waals surface area contributed by atoms with Gasteiger partial charge in [0.15, 0.2) is 0 Å². The van der Waals surface area contributed by atoms with E-state index in [0.717, 1.165) is 11.5 Å². The second kappa shape index (κ2) is 13.1. The maximum atomic E-state index is 9.44. The molecule has 144 valence electrons. The van der Waals surface area contributed by atoms with Crippen molar-refractivity contribution in [3.8, 4) is 11.5 Å². The Morgan fingerprint density at radius 1 is 0.630 bits per heavy atom. The fourth-order valence-corrected chi connectivity index (χ4v) is 1.26. The predicted molar refractivity (Wildman–Crippen MR) is 87.2 cm³/mol. The first kappa shape index (κ1) is 22.7. The predicted octanol–water partition coefficient (Wildman–Crippen LogP) is 4.20. The van der Waals surface area contributed by atoms with Crippen molar-refractivity contribution in [3.63, 3.8) is 0 Å². The molecule has 0 amide bonds. The smallest absolute Gasteiger partial charge is 0.457 e. The molecule has 1 fully saturated rings. The summed E-state index contributed by atoms with van der Waals surface area (Å²) in [5.74, 6) is 1.74. The van der Waals surface area contributed by atoms with Gasteiger partial charge in [-0.15, -0.1) is 0 Å². The van der Waals surface area contributed by atoms with E-state index in [-0.39, 0.29) is 0 Å². The molecular weight excluding hydrogens is 368 g/mol. The minimum absolute atomic E-state index is 0.869.